The predicted molar refractivity (Wildman–Crippen MR) is 97.2 cm³/mol. The van der Waals surface area contributed by atoms with Gasteiger partial charge in [0.1, 0.15) is 5.75 Å². The number of aryl methyl sites for hydroxylation is 3. The van der Waals surface area contributed by atoms with Gasteiger partial charge >= 0.3 is 5.97 Å². The fourth-order valence-electron chi connectivity index (χ4n) is 2.41. The van der Waals surface area contributed by atoms with Gasteiger partial charge < -0.3 is 14.8 Å². The van der Waals surface area contributed by atoms with Crippen LogP contribution in [0.5, 0.6) is 5.75 Å². The molecule has 2 rings (SSSR count). The van der Waals surface area contributed by atoms with E-state index in [1.807, 2.05) is 39.0 Å². The molecule has 1 atom stereocenters. The van der Waals surface area contributed by atoms with Crippen LogP contribution < -0.4 is 10.1 Å². The van der Waals surface area contributed by atoms with Gasteiger partial charge in [0, 0.05) is 5.69 Å². The Kier molecular flexibility index (Phi) is 5.80. The summed E-state index contributed by atoms with van der Waals surface area (Å²) in [5, 5.41) is 2.81. The molecule has 5 nitrogen and oxygen atoms in total. The summed E-state index contributed by atoms with van der Waals surface area (Å²) in [5.74, 6) is -0.0616. The van der Waals surface area contributed by atoms with E-state index in [-0.39, 0.29) is 5.91 Å². The molecule has 0 aliphatic carbocycles. The maximum Gasteiger partial charge on any atom is 0.337 e. The molecular weight excluding hydrogens is 318 g/mol. The number of ether oxygens (including phenoxy) is 2. The van der Waals surface area contributed by atoms with Crippen molar-refractivity contribution in [1.82, 2.24) is 0 Å². The first-order valence-electron chi connectivity index (χ1n) is 8.05. The molecule has 1 amide bonds. The van der Waals surface area contributed by atoms with E-state index in [2.05, 4.69) is 5.32 Å². The second kappa shape index (κ2) is 7.83. The Hall–Kier alpha value is -2.82. The maximum absolute atomic E-state index is 12.4. The molecule has 0 spiro atoms. The number of hydrogen-bond acceptors (Lipinski definition) is 4. The Morgan fingerprint density at radius 2 is 1.72 bits per heavy atom. The molecule has 0 aliphatic rings. The topological polar surface area (TPSA) is 64.6 Å². The zero-order chi connectivity index (χ0) is 18.6. The number of esters is 1. The summed E-state index contributed by atoms with van der Waals surface area (Å²) in [6.45, 7) is 7.49. The lowest BCUT2D eigenvalue weighted by molar-refractivity contribution is -0.122. The molecule has 2 aromatic rings. The van der Waals surface area contributed by atoms with Crippen LogP contribution in [0.1, 0.15) is 34.0 Å². The molecule has 0 bridgehead atoms. The fourth-order valence-corrected chi connectivity index (χ4v) is 2.41. The van der Waals surface area contributed by atoms with Crippen molar-refractivity contribution in [3.05, 3.63) is 58.7 Å². The van der Waals surface area contributed by atoms with Crippen molar-refractivity contribution in [1.29, 1.82) is 0 Å². The summed E-state index contributed by atoms with van der Waals surface area (Å²) in [4.78, 5) is 24.1. The number of benzene rings is 2. The highest BCUT2D eigenvalue weighted by molar-refractivity contribution is 5.97. The SMILES string of the molecule is COC(=O)c1ccc(C)c(NC(=O)[C@@H](C)Oc2ccc(C)cc2C)c1. The normalized spacial score (nSPS) is 11.6. The maximum atomic E-state index is 12.4. The van der Waals surface area contributed by atoms with Crippen LogP contribution in [0, 0.1) is 20.8 Å². The highest BCUT2D eigenvalue weighted by Crippen LogP contribution is 2.22. The molecule has 2 aromatic carbocycles. The number of amides is 1. The lowest BCUT2D eigenvalue weighted by Crippen LogP contribution is -2.30. The zero-order valence-corrected chi connectivity index (χ0v) is 15.2. The van der Waals surface area contributed by atoms with Gasteiger partial charge in [-0.2, -0.15) is 0 Å². The van der Waals surface area contributed by atoms with E-state index in [0.717, 1.165) is 16.7 Å². The van der Waals surface area contributed by atoms with Crippen molar-refractivity contribution in [3.63, 3.8) is 0 Å². The van der Waals surface area contributed by atoms with E-state index >= 15 is 0 Å². The minimum Gasteiger partial charge on any atom is -0.481 e. The van der Waals surface area contributed by atoms with Gasteiger partial charge in [-0.15, -0.1) is 0 Å². The summed E-state index contributed by atoms with van der Waals surface area (Å²) >= 11 is 0. The molecule has 0 unspecified atom stereocenters. The first-order valence-corrected chi connectivity index (χ1v) is 8.05. The van der Waals surface area contributed by atoms with E-state index in [4.69, 9.17) is 9.47 Å². The lowest BCUT2D eigenvalue weighted by Gasteiger charge is -2.17. The van der Waals surface area contributed by atoms with Crippen molar-refractivity contribution < 1.29 is 19.1 Å². The fraction of sp³-hybridized carbons (Fsp3) is 0.300. The molecule has 0 aromatic heterocycles. The second-order valence-electron chi connectivity index (χ2n) is 6.04. The average Bonchev–Trinajstić information content (AvgIpc) is 2.58. The molecule has 0 aliphatic heterocycles. The van der Waals surface area contributed by atoms with Gasteiger partial charge in [-0.25, -0.2) is 4.79 Å². The summed E-state index contributed by atoms with van der Waals surface area (Å²) in [6.07, 6.45) is -0.678. The highest BCUT2D eigenvalue weighted by Gasteiger charge is 2.17. The van der Waals surface area contributed by atoms with Crippen LogP contribution in [0.25, 0.3) is 0 Å². The van der Waals surface area contributed by atoms with Gasteiger partial charge in [-0.05, 0) is 57.0 Å². The molecule has 132 valence electrons. The van der Waals surface area contributed by atoms with Gasteiger partial charge in [0.25, 0.3) is 5.91 Å². The van der Waals surface area contributed by atoms with Gasteiger partial charge in [-0.1, -0.05) is 23.8 Å². The number of nitrogens with one attached hydrogen (secondary N) is 1. The summed E-state index contributed by atoms with van der Waals surface area (Å²) in [6, 6.07) is 10.8. The van der Waals surface area contributed by atoms with Crippen molar-refractivity contribution in [3.8, 4) is 5.75 Å². The van der Waals surface area contributed by atoms with Crippen LogP contribution >= 0.6 is 0 Å². The molecule has 5 heteroatoms. The van der Waals surface area contributed by atoms with E-state index in [1.54, 1.807) is 25.1 Å². The van der Waals surface area contributed by atoms with E-state index in [9.17, 15) is 9.59 Å². The third kappa shape index (κ3) is 4.59. The second-order valence-corrected chi connectivity index (χ2v) is 6.04. The molecule has 0 saturated carbocycles. The van der Waals surface area contributed by atoms with Crippen LogP contribution in [0.15, 0.2) is 36.4 Å². The van der Waals surface area contributed by atoms with Crippen molar-refractivity contribution in [2.45, 2.75) is 33.8 Å². The van der Waals surface area contributed by atoms with Gasteiger partial charge in [0.2, 0.25) is 0 Å². The highest BCUT2D eigenvalue weighted by atomic mass is 16.5. The Bertz CT molecular complexity index is 798. The van der Waals surface area contributed by atoms with Crippen molar-refractivity contribution >= 4 is 17.6 Å². The lowest BCUT2D eigenvalue weighted by atomic mass is 10.1. The Morgan fingerprint density at radius 1 is 1.00 bits per heavy atom. The first kappa shape index (κ1) is 18.5. The van der Waals surface area contributed by atoms with Gasteiger partial charge in [0.05, 0.1) is 12.7 Å². The number of hydrogen-bond donors (Lipinski definition) is 1. The minimum atomic E-state index is -0.678. The first-order chi connectivity index (χ1) is 11.8. The van der Waals surface area contributed by atoms with Crippen LogP contribution in [0.3, 0.4) is 0 Å². The molecule has 25 heavy (non-hydrogen) atoms. The molecule has 0 heterocycles. The zero-order valence-electron chi connectivity index (χ0n) is 15.2. The predicted octanol–water partition coefficient (Wildman–Crippen LogP) is 3.80. The Labute approximate surface area is 148 Å². The van der Waals surface area contributed by atoms with Crippen LogP contribution in [0.4, 0.5) is 5.69 Å². The van der Waals surface area contributed by atoms with Crippen molar-refractivity contribution in [2.24, 2.45) is 0 Å². The standard InChI is InChI=1S/C20H23NO4/c1-12-6-9-18(14(3)10-12)25-15(4)19(22)21-17-11-16(20(23)24-5)8-7-13(17)2/h6-11,15H,1-5H3,(H,21,22)/t15-/m1/s1. The van der Waals surface area contributed by atoms with E-state index in [0.29, 0.717) is 17.0 Å². The number of rotatable bonds is 5. The quantitative estimate of drug-likeness (QED) is 0.840. The average molecular weight is 341 g/mol. The molecule has 0 radical (unpaired) electrons. The van der Waals surface area contributed by atoms with E-state index < -0.39 is 12.1 Å². The number of anilines is 1. The van der Waals surface area contributed by atoms with E-state index in [1.165, 1.54) is 7.11 Å². The third-order valence-electron chi connectivity index (χ3n) is 3.92. The third-order valence-corrected chi connectivity index (χ3v) is 3.92. The summed E-state index contributed by atoms with van der Waals surface area (Å²) < 4.78 is 10.5. The molecular formula is C20H23NO4. The summed E-state index contributed by atoms with van der Waals surface area (Å²) in [7, 11) is 1.32. The van der Waals surface area contributed by atoms with Crippen LogP contribution in [-0.4, -0.2) is 25.1 Å². The summed E-state index contributed by atoms with van der Waals surface area (Å²) in [5.41, 5.74) is 3.90. The number of methoxy groups -OCH3 is 1. The number of carbonyl (C=O) groups is 2. The van der Waals surface area contributed by atoms with Crippen molar-refractivity contribution in [2.75, 3.05) is 12.4 Å². The Morgan fingerprint density at radius 3 is 2.36 bits per heavy atom. The minimum absolute atomic E-state index is 0.287. The monoisotopic (exact) mass is 341 g/mol. The molecule has 1 N–H and O–H groups in total. The Balaban J connectivity index is 2.12. The van der Waals surface area contributed by atoms with Crippen LogP contribution in [0.2, 0.25) is 0 Å². The number of carbonyl (C=O) groups excluding carboxylic acids is 2. The molecule has 0 saturated heterocycles. The van der Waals surface area contributed by atoms with Gasteiger partial charge in [0.15, 0.2) is 6.10 Å². The molecule has 0 fully saturated rings. The largest absolute Gasteiger partial charge is 0.481 e. The smallest absolute Gasteiger partial charge is 0.337 e. The van der Waals surface area contributed by atoms with Crippen LogP contribution in [-0.2, 0) is 9.53 Å². The van der Waals surface area contributed by atoms with Gasteiger partial charge in [-0.3, -0.25) is 4.79 Å².